The normalized spacial score (nSPS) is 15.4. The van der Waals surface area contributed by atoms with E-state index < -0.39 is 5.92 Å². The summed E-state index contributed by atoms with van der Waals surface area (Å²) in [6.07, 6.45) is 1.67. The number of hydrogen-bond donors (Lipinski definition) is 1. The Kier molecular flexibility index (Phi) is 4.96. The monoisotopic (exact) mass is 386 g/mol. The number of nitrogens with zero attached hydrogens (tertiary/aromatic N) is 3. The lowest BCUT2D eigenvalue weighted by Gasteiger charge is -2.26. The molecule has 0 aliphatic carbocycles. The topological polar surface area (TPSA) is 86.1 Å². The lowest BCUT2D eigenvalue weighted by atomic mass is 9.83. The van der Waals surface area contributed by atoms with Gasteiger partial charge < -0.3 is 15.2 Å². The molecule has 0 fully saturated rings. The molecule has 1 atom stereocenters. The van der Waals surface area contributed by atoms with Crippen molar-refractivity contribution in [3.05, 3.63) is 82.9 Å². The van der Waals surface area contributed by atoms with E-state index in [1.165, 1.54) is 0 Å². The molecular formula is C23H22N4O2. The van der Waals surface area contributed by atoms with Gasteiger partial charge in [-0.3, -0.25) is 0 Å². The first-order chi connectivity index (χ1) is 14.2. The maximum absolute atomic E-state index is 9.89. The number of hydrogen-bond acceptors (Lipinski definition) is 5. The van der Waals surface area contributed by atoms with Crippen molar-refractivity contribution < 1.29 is 9.47 Å². The number of fused-ring (bicyclic) bond motifs is 1. The van der Waals surface area contributed by atoms with E-state index in [0.717, 1.165) is 35.3 Å². The van der Waals surface area contributed by atoms with Crippen molar-refractivity contribution in [2.75, 3.05) is 7.11 Å². The predicted octanol–water partition coefficient (Wildman–Crippen LogP) is 4.05. The third kappa shape index (κ3) is 3.11. The summed E-state index contributed by atoms with van der Waals surface area (Å²) in [5.41, 5.74) is 10.1. The Bertz CT molecular complexity index is 1110. The van der Waals surface area contributed by atoms with Crippen LogP contribution in [0, 0.1) is 11.3 Å². The van der Waals surface area contributed by atoms with Gasteiger partial charge in [-0.2, -0.15) is 10.4 Å². The quantitative estimate of drug-likeness (QED) is 0.715. The van der Waals surface area contributed by atoms with E-state index in [2.05, 4.69) is 13.0 Å². The average molecular weight is 386 g/mol. The van der Waals surface area contributed by atoms with Crippen molar-refractivity contribution in [2.45, 2.75) is 25.7 Å². The van der Waals surface area contributed by atoms with E-state index in [1.807, 2.05) is 54.6 Å². The van der Waals surface area contributed by atoms with Gasteiger partial charge in [0.1, 0.15) is 17.4 Å². The Morgan fingerprint density at radius 1 is 1.17 bits per heavy atom. The molecule has 4 rings (SSSR count). The smallest absolute Gasteiger partial charge is 0.229 e. The van der Waals surface area contributed by atoms with Gasteiger partial charge in [0.05, 0.1) is 30.0 Å². The van der Waals surface area contributed by atoms with Crippen LogP contribution in [0.4, 0.5) is 0 Å². The number of ether oxygens (including phenoxy) is 2. The van der Waals surface area contributed by atoms with Crippen LogP contribution in [0.1, 0.15) is 36.1 Å². The van der Waals surface area contributed by atoms with Crippen LogP contribution in [0.3, 0.4) is 0 Å². The van der Waals surface area contributed by atoms with Crippen LogP contribution >= 0.6 is 0 Å². The van der Waals surface area contributed by atoms with Gasteiger partial charge in [-0.05, 0) is 24.6 Å². The van der Waals surface area contributed by atoms with E-state index in [0.29, 0.717) is 17.2 Å². The second-order valence-electron chi connectivity index (χ2n) is 6.83. The molecule has 0 saturated heterocycles. The van der Waals surface area contributed by atoms with Gasteiger partial charge in [0.25, 0.3) is 0 Å². The summed E-state index contributed by atoms with van der Waals surface area (Å²) in [7, 11) is 1.62. The number of methoxy groups -OCH3 is 1. The van der Waals surface area contributed by atoms with Crippen molar-refractivity contribution >= 4 is 0 Å². The molecule has 0 bridgehead atoms. The maximum atomic E-state index is 9.89. The van der Waals surface area contributed by atoms with Crippen molar-refractivity contribution in [1.29, 1.82) is 5.26 Å². The van der Waals surface area contributed by atoms with E-state index in [-0.39, 0.29) is 5.88 Å². The highest BCUT2D eigenvalue weighted by Crippen LogP contribution is 2.47. The number of allylic oxidation sites excluding steroid dienone is 1. The van der Waals surface area contributed by atoms with E-state index >= 15 is 0 Å². The molecular weight excluding hydrogens is 364 g/mol. The second kappa shape index (κ2) is 7.72. The summed E-state index contributed by atoms with van der Waals surface area (Å²) in [4.78, 5) is 0. The third-order valence-electron chi connectivity index (χ3n) is 5.06. The second-order valence-corrected chi connectivity index (χ2v) is 6.83. The van der Waals surface area contributed by atoms with Crippen molar-refractivity contribution in [2.24, 2.45) is 5.73 Å². The first-order valence-corrected chi connectivity index (χ1v) is 9.57. The molecule has 0 saturated carbocycles. The molecule has 2 aromatic carbocycles. The summed E-state index contributed by atoms with van der Waals surface area (Å²) in [6, 6.07) is 19.7. The van der Waals surface area contributed by atoms with Gasteiger partial charge in [-0.1, -0.05) is 49.7 Å². The molecule has 0 radical (unpaired) electrons. The number of aryl methyl sites for hydroxylation is 1. The fourth-order valence-corrected chi connectivity index (χ4v) is 3.79. The minimum Gasteiger partial charge on any atom is -0.496 e. The fourth-order valence-electron chi connectivity index (χ4n) is 3.79. The first kappa shape index (κ1) is 18.6. The Morgan fingerprint density at radius 2 is 1.90 bits per heavy atom. The molecule has 6 nitrogen and oxygen atoms in total. The van der Waals surface area contributed by atoms with Crippen LogP contribution in [0.15, 0.2) is 66.1 Å². The number of aromatic nitrogens is 2. The third-order valence-corrected chi connectivity index (χ3v) is 5.06. The van der Waals surface area contributed by atoms with Crippen LogP contribution in [-0.2, 0) is 6.42 Å². The molecule has 2 heterocycles. The summed E-state index contributed by atoms with van der Waals surface area (Å²) in [6.45, 7) is 2.10. The number of para-hydroxylation sites is 2. The highest BCUT2D eigenvalue weighted by atomic mass is 16.5. The number of nitrogens with two attached hydrogens (primary N) is 1. The first-order valence-electron chi connectivity index (χ1n) is 9.57. The van der Waals surface area contributed by atoms with Gasteiger partial charge in [-0.25, -0.2) is 4.68 Å². The summed E-state index contributed by atoms with van der Waals surface area (Å²) < 4.78 is 13.3. The molecule has 0 unspecified atom stereocenters. The summed E-state index contributed by atoms with van der Waals surface area (Å²) in [5, 5.41) is 14.7. The average Bonchev–Trinajstić information content (AvgIpc) is 3.11. The molecule has 0 spiro atoms. The standard InChI is InChI=1S/C23H22N4O2/c1-3-9-18-21-20(16-12-7-8-13-19(16)28-2)17(14-24)22(25)29-23(21)27(26-18)15-10-5-4-6-11-15/h4-8,10-13,20H,3,9,25H2,1-2H3/t20-/m0/s1. The van der Waals surface area contributed by atoms with Crippen molar-refractivity contribution in [3.8, 4) is 23.4 Å². The number of nitriles is 1. The van der Waals surface area contributed by atoms with Crippen molar-refractivity contribution in [1.82, 2.24) is 9.78 Å². The Balaban J connectivity index is 2.01. The minimum absolute atomic E-state index is 0.0936. The Hall–Kier alpha value is -3.72. The lowest BCUT2D eigenvalue weighted by molar-refractivity contribution is 0.364. The number of rotatable bonds is 5. The number of benzene rings is 2. The molecule has 2 N–H and O–H groups in total. The van der Waals surface area contributed by atoms with Crippen LogP contribution in [0.2, 0.25) is 0 Å². The SMILES string of the molecule is CCCc1nn(-c2ccccc2)c2c1[C@@H](c1ccccc1OC)C(C#N)=C(N)O2. The Labute approximate surface area is 169 Å². The van der Waals surface area contributed by atoms with E-state index in [9.17, 15) is 5.26 Å². The zero-order valence-corrected chi connectivity index (χ0v) is 16.4. The van der Waals surface area contributed by atoms with E-state index in [4.69, 9.17) is 20.3 Å². The van der Waals surface area contributed by atoms with Crippen LogP contribution < -0.4 is 15.2 Å². The van der Waals surface area contributed by atoms with Gasteiger partial charge in [-0.15, -0.1) is 0 Å². The maximum Gasteiger partial charge on any atom is 0.229 e. The molecule has 146 valence electrons. The lowest BCUT2D eigenvalue weighted by Crippen LogP contribution is -2.22. The fraction of sp³-hybridized carbons (Fsp3) is 0.217. The van der Waals surface area contributed by atoms with Gasteiger partial charge >= 0.3 is 0 Å². The van der Waals surface area contributed by atoms with Crippen LogP contribution in [0.25, 0.3) is 5.69 Å². The molecule has 1 aromatic heterocycles. The molecule has 3 aromatic rings. The molecule has 1 aliphatic heterocycles. The molecule has 6 heteroatoms. The highest BCUT2D eigenvalue weighted by Gasteiger charge is 2.38. The van der Waals surface area contributed by atoms with Gasteiger partial charge in [0.2, 0.25) is 11.8 Å². The largest absolute Gasteiger partial charge is 0.496 e. The van der Waals surface area contributed by atoms with Crippen LogP contribution in [-0.4, -0.2) is 16.9 Å². The van der Waals surface area contributed by atoms with Crippen LogP contribution in [0.5, 0.6) is 11.6 Å². The van der Waals surface area contributed by atoms with Gasteiger partial charge in [0.15, 0.2) is 0 Å². The van der Waals surface area contributed by atoms with Gasteiger partial charge in [0, 0.05) is 5.56 Å². The minimum atomic E-state index is -0.404. The summed E-state index contributed by atoms with van der Waals surface area (Å²) >= 11 is 0. The van der Waals surface area contributed by atoms with E-state index in [1.54, 1.807) is 11.8 Å². The summed E-state index contributed by atoms with van der Waals surface area (Å²) in [5.74, 6) is 0.933. The predicted molar refractivity (Wildman–Crippen MR) is 110 cm³/mol. The molecule has 1 aliphatic rings. The van der Waals surface area contributed by atoms with Crippen molar-refractivity contribution in [3.63, 3.8) is 0 Å². The molecule has 0 amide bonds. The highest BCUT2D eigenvalue weighted by molar-refractivity contribution is 5.59. The molecule has 29 heavy (non-hydrogen) atoms. The zero-order valence-electron chi connectivity index (χ0n) is 16.4. The zero-order chi connectivity index (χ0) is 20.4. The Morgan fingerprint density at radius 3 is 2.59 bits per heavy atom.